The summed E-state index contributed by atoms with van der Waals surface area (Å²) in [4.78, 5) is 43.4. The highest BCUT2D eigenvalue weighted by Crippen LogP contribution is 2.18. The average Bonchev–Trinajstić information content (AvgIpc) is 3.12. The molecule has 8 nitrogen and oxygen atoms in total. The Morgan fingerprint density at radius 1 is 1.29 bits per heavy atom. The number of carbonyl (C=O) groups is 3. The van der Waals surface area contributed by atoms with Gasteiger partial charge in [0.15, 0.2) is 0 Å². The third-order valence-corrected chi connectivity index (χ3v) is 6.00. The first-order chi connectivity index (χ1) is 14.8. The maximum absolute atomic E-state index is 12.8. The fraction of sp³-hybridized carbons (Fsp3) is 0.429. The van der Waals surface area contributed by atoms with Crippen molar-refractivity contribution in [3.8, 4) is 0 Å². The van der Waals surface area contributed by atoms with Crippen molar-refractivity contribution in [2.24, 2.45) is 0 Å². The molecule has 1 aliphatic heterocycles. The van der Waals surface area contributed by atoms with Gasteiger partial charge in [0, 0.05) is 28.7 Å². The molecule has 3 N–H and O–H groups in total. The number of carbonyl (C=O) groups excluding carboxylic acids is 3. The lowest BCUT2D eigenvalue weighted by molar-refractivity contribution is -0.122. The van der Waals surface area contributed by atoms with Crippen LogP contribution >= 0.6 is 22.9 Å². The quantitative estimate of drug-likeness (QED) is 0.608. The Morgan fingerprint density at radius 2 is 2.03 bits per heavy atom. The molecule has 1 fully saturated rings. The Morgan fingerprint density at radius 3 is 2.74 bits per heavy atom. The predicted octanol–water partition coefficient (Wildman–Crippen LogP) is 3.64. The molecule has 2 aromatic rings. The summed E-state index contributed by atoms with van der Waals surface area (Å²) in [6.07, 6.45) is 2.39. The molecule has 1 aliphatic rings. The van der Waals surface area contributed by atoms with Crippen molar-refractivity contribution < 1.29 is 14.4 Å². The number of urea groups is 1. The van der Waals surface area contributed by atoms with Gasteiger partial charge in [0.1, 0.15) is 16.7 Å². The van der Waals surface area contributed by atoms with Gasteiger partial charge < -0.3 is 20.9 Å². The van der Waals surface area contributed by atoms with Gasteiger partial charge >= 0.3 is 6.03 Å². The van der Waals surface area contributed by atoms with Gasteiger partial charge in [0.2, 0.25) is 5.91 Å². The molecule has 1 atom stereocenters. The number of aromatic nitrogens is 1. The van der Waals surface area contributed by atoms with Crippen LogP contribution < -0.4 is 16.0 Å². The van der Waals surface area contributed by atoms with Crippen LogP contribution in [0.25, 0.3) is 0 Å². The van der Waals surface area contributed by atoms with Gasteiger partial charge in [-0.2, -0.15) is 0 Å². The summed E-state index contributed by atoms with van der Waals surface area (Å²) in [5, 5.41) is 11.3. The van der Waals surface area contributed by atoms with Crippen molar-refractivity contribution in [2.75, 3.05) is 11.9 Å². The van der Waals surface area contributed by atoms with Gasteiger partial charge in [-0.1, -0.05) is 11.6 Å². The molecule has 0 unspecified atom stereocenters. The number of anilines is 1. The van der Waals surface area contributed by atoms with Crippen LogP contribution in [0.2, 0.25) is 5.02 Å². The van der Waals surface area contributed by atoms with Crippen LogP contribution in [-0.2, 0) is 11.3 Å². The van der Waals surface area contributed by atoms with E-state index in [1.54, 1.807) is 34.5 Å². The number of benzene rings is 1. The second kappa shape index (κ2) is 10.6. The highest BCUT2D eigenvalue weighted by molar-refractivity contribution is 7.09. The molecular formula is C21H26ClN5O3S. The van der Waals surface area contributed by atoms with Crippen LogP contribution in [0.1, 0.15) is 48.6 Å². The lowest BCUT2D eigenvalue weighted by Crippen LogP contribution is -2.45. The molecule has 4 amide bonds. The number of hydrogen-bond acceptors (Lipinski definition) is 5. The number of halogens is 1. The van der Waals surface area contributed by atoms with Gasteiger partial charge in [-0.3, -0.25) is 9.59 Å². The van der Waals surface area contributed by atoms with E-state index in [0.29, 0.717) is 28.7 Å². The van der Waals surface area contributed by atoms with E-state index < -0.39 is 6.04 Å². The van der Waals surface area contributed by atoms with Crippen LogP contribution in [-0.4, -0.2) is 46.4 Å². The molecule has 10 heteroatoms. The van der Waals surface area contributed by atoms with E-state index in [1.807, 2.05) is 13.8 Å². The van der Waals surface area contributed by atoms with Crippen LogP contribution in [0.4, 0.5) is 10.5 Å². The summed E-state index contributed by atoms with van der Waals surface area (Å²) in [5.74, 6) is -0.544. The van der Waals surface area contributed by atoms with E-state index in [-0.39, 0.29) is 36.1 Å². The lowest BCUT2D eigenvalue weighted by Gasteiger charge is -2.26. The van der Waals surface area contributed by atoms with E-state index in [0.717, 1.165) is 12.8 Å². The summed E-state index contributed by atoms with van der Waals surface area (Å²) in [7, 11) is 0. The molecule has 1 saturated heterocycles. The molecule has 0 saturated carbocycles. The monoisotopic (exact) mass is 463 g/mol. The smallest absolute Gasteiger partial charge is 0.322 e. The zero-order valence-electron chi connectivity index (χ0n) is 17.5. The third kappa shape index (κ3) is 6.41. The lowest BCUT2D eigenvalue weighted by atomic mass is 10.1. The molecule has 0 spiro atoms. The topological polar surface area (TPSA) is 103 Å². The maximum atomic E-state index is 12.8. The van der Waals surface area contributed by atoms with Crippen LogP contribution in [0.15, 0.2) is 29.6 Å². The van der Waals surface area contributed by atoms with Crippen molar-refractivity contribution in [1.82, 2.24) is 20.5 Å². The van der Waals surface area contributed by atoms with Crippen LogP contribution in [0, 0.1) is 0 Å². The summed E-state index contributed by atoms with van der Waals surface area (Å²) in [5.41, 5.74) is 0.889. The van der Waals surface area contributed by atoms with Gasteiger partial charge in [0.05, 0.1) is 6.54 Å². The SMILES string of the molecule is CC(C)N(Cc1nc(C(=O)N[C@H]2CCCCNC2=O)cs1)C(=O)Nc1ccc(Cl)cc1. The van der Waals surface area contributed by atoms with Gasteiger partial charge in [-0.05, 0) is 57.4 Å². The normalized spacial score (nSPS) is 16.4. The number of thiazole rings is 1. The fourth-order valence-electron chi connectivity index (χ4n) is 3.16. The van der Waals surface area contributed by atoms with E-state index in [1.165, 1.54) is 11.3 Å². The van der Waals surface area contributed by atoms with E-state index in [4.69, 9.17) is 11.6 Å². The minimum atomic E-state index is -0.544. The molecule has 2 heterocycles. The average molecular weight is 464 g/mol. The zero-order chi connectivity index (χ0) is 22.4. The zero-order valence-corrected chi connectivity index (χ0v) is 19.1. The van der Waals surface area contributed by atoms with Gasteiger partial charge in [-0.15, -0.1) is 11.3 Å². The Hall–Kier alpha value is -2.65. The maximum Gasteiger partial charge on any atom is 0.322 e. The highest BCUT2D eigenvalue weighted by Gasteiger charge is 2.25. The molecular weight excluding hydrogens is 438 g/mol. The summed E-state index contributed by atoms with van der Waals surface area (Å²) < 4.78 is 0. The van der Waals surface area contributed by atoms with E-state index in [2.05, 4.69) is 20.9 Å². The second-order valence-corrected chi connectivity index (χ2v) is 8.98. The predicted molar refractivity (Wildman–Crippen MR) is 121 cm³/mol. The fourth-order valence-corrected chi connectivity index (χ4v) is 4.06. The Labute approximate surface area is 190 Å². The second-order valence-electron chi connectivity index (χ2n) is 7.60. The largest absolute Gasteiger partial charge is 0.354 e. The minimum absolute atomic E-state index is 0.0804. The van der Waals surface area contributed by atoms with Crippen molar-refractivity contribution in [2.45, 2.75) is 51.7 Å². The van der Waals surface area contributed by atoms with E-state index in [9.17, 15) is 14.4 Å². The molecule has 1 aromatic heterocycles. The molecule has 0 bridgehead atoms. The molecule has 3 rings (SSSR count). The molecule has 166 valence electrons. The van der Waals surface area contributed by atoms with Crippen molar-refractivity contribution in [3.63, 3.8) is 0 Å². The Kier molecular flexibility index (Phi) is 7.86. The number of rotatable bonds is 6. The molecule has 0 radical (unpaired) electrons. The number of hydrogen-bond donors (Lipinski definition) is 3. The molecule has 0 aliphatic carbocycles. The summed E-state index contributed by atoms with van der Waals surface area (Å²) in [6, 6.07) is 5.98. The van der Waals surface area contributed by atoms with Gasteiger partial charge in [0.25, 0.3) is 5.91 Å². The first kappa shape index (κ1) is 23.0. The summed E-state index contributed by atoms with van der Waals surface area (Å²) >= 11 is 7.19. The molecule has 31 heavy (non-hydrogen) atoms. The minimum Gasteiger partial charge on any atom is -0.354 e. The van der Waals surface area contributed by atoms with Crippen LogP contribution in [0.5, 0.6) is 0 Å². The third-order valence-electron chi connectivity index (χ3n) is 4.91. The van der Waals surface area contributed by atoms with E-state index >= 15 is 0 Å². The van der Waals surface area contributed by atoms with Crippen molar-refractivity contribution >= 4 is 46.5 Å². The van der Waals surface area contributed by atoms with Gasteiger partial charge in [-0.25, -0.2) is 9.78 Å². The van der Waals surface area contributed by atoms with Crippen LogP contribution in [0.3, 0.4) is 0 Å². The Balaban J connectivity index is 1.62. The number of amides is 4. The van der Waals surface area contributed by atoms with Crippen molar-refractivity contribution in [1.29, 1.82) is 0 Å². The van der Waals surface area contributed by atoms with Crippen molar-refractivity contribution in [3.05, 3.63) is 45.4 Å². The summed E-state index contributed by atoms with van der Waals surface area (Å²) in [6.45, 7) is 4.72. The first-order valence-corrected chi connectivity index (χ1v) is 11.5. The first-order valence-electron chi connectivity index (χ1n) is 10.2. The molecule has 1 aromatic carbocycles. The Bertz CT molecular complexity index is 931. The number of nitrogens with zero attached hydrogens (tertiary/aromatic N) is 2. The standard InChI is InChI=1S/C21H26ClN5O3S/c1-13(2)27(21(30)24-15-8-6-14(22)7-9-15)11-18-25-17(12-31-18)20(29)26-16-5-3-4-10-23-19(16)28/h6-9,12-13,16H,3-5,10-11H2,1-2H3,(H,23,28)(H,24,30)(H,26,29)/t16-/m0/s1. The number of nitrogens with one attached hydrogen (secondary N) is 3. The highest BCUT2D eigenvalue weighted by atomic mass is 35.5.